The first-order valence-corrected chi connectivity index (χ1v) is 6.72. The van der Waals surface area contributed by atoms with Gasteiger partial charge in [0.05, 0.1) is 4.92 Å². The Balaban J connectivity index is 2.41. The lowest BCUT2D eigenvalue weighted by atomic mass is 10.1. The molecule has 0 spiro atoms. The summed E-state index contributed by atoms with van der Waals surface area (Å²) >= 11 is 0. The Morgan fingerprint density at radius 2 is 1.91 bits per heavy atom. The average molecular weight is 329 g/mol. The van der Waals surface area contributed by atoms with Crippen molar-refractivity contribution in [2.24, 2.45) is 0 Å². The summed E-state index contributed by atoms with van der Waals surface area (Å²) in [4.78, 5) is 10.4. The standard InChI is InChI=1S/C14H14F3N3O3/c1-4-19-13(7-12(18-19)14(15,16)17)23-11-6-8(2)10(20(21)22)5-9(11)3/h5-7H,4H2,1-3H3. The molecule has 0 aliphatic heterocycles. The van der Waals surface area contributed by atoms with E-state index in [0.717, 1.165) is 10.7 Å². The molecular formula is C14H14F3N3O3. The van der Waals surface area contributed by atoms with Gasteiger partial charge in [-0.25, -0.2) is 4.68 Å². The van der Waals surface area contributed by atoms with Crippen LogP contribution in [0.2, 0.25) is 0 Å². The van der Waals surface area contributed by atoms with E-state index >= 15 is 0 Å². The van der Waals surface area contributed by atoms with Crippen molar-refractivity contribution in [1.29, 1.82) is 0 Å². The minimum atomic E-state index is -4.57. The molecular weight excluding hydrogens is 315 g/mol. The van der Waals surface area contributed by atoms with Gasteiger partial charge in [0.15, 0.2) is 5.69 Å². The molecule has 0 saturated heterocycles. The smallest absolute Gasteiger partial charge is 0.435 e. The van der Waals surface area contributed by atoms with Crippen LogP contribution in [0.5, 0.6) is 11.6 Å². The van der Waals surface area contributed by atoms with E-state index in [1.807, 2.05) is 0 Å². The number of nitro benzene ring substituents is 1. The summed E-state index contributed by atoms with van der Waals surface area (Å²) in [6.07, 6.45) is -4.57. The summed E-state index contributed by atoms with van der Waals surface area (Å²) in [5.41, 5.74) is -0.325. The quantitative estimate of drug-likeness (QED) is 0.621. The summed E-state index contributed by atoms with van der Waals surface area (Å²) in [6, 6.07) is 3.55. The van der Waals surface area contributed by atoms with E-state index in [-0.39, 0.29) is 23.9 Å². The third-order valence-electron chi connectivity index (χ3n) is 3.24. The normalized spacial score (nSPS) is 11.6. The summed E-state index contributed by atoms with van der Waals surface area (Å²) in [5, 5.41) is 14.3. The van der Waals surface area contributed by atoms with Crippen molar-refractivity contribution in [3.63, 3.8) is 0 Å². The largest absolute Gasteiger partial charge is 0.439 e. The van der Waals surface area contributed by atoms with Gasteiger partial charge in [0.1, 0.15) is 5.75 Å². The van der Waals surface area contributed by atoms with Crippen LogP contribution in [0.1, 0.15) is 23.7 Å². The van der Waals surface area contributed by atoms with E-state index in [2.05, 4.69) is 5.10 Å². The van der Waals surface area contributed by atoms with E-state index in [1.165, 1.54) is 19.1 Å². The number of aryl methyl sites for hydroxylation is 3. The predicted molar refractivity (Wildman–Crippen MR) is 75.5 cm³/mol. The minimum absolute atomic E-state index is 0.0730. The molecule has 1 aromatic heterocycles. The third kappa shape index (κ3) is 3.43. The number of rotatable bonds is 4. The first kappa shape index (κ1) is 16.8. The maximum atomic E-state index is 12.7. The van der Waals surface area contributed by atoms with Gasteiger partial charge in [-0.3, -0.25) is 10.1 Å². The lowest BCUT2D eigenvalue weighted by Gasteiger charge is -2.10. The number of benzene rings is 1. The molecule has 0 unspecified atom stereocenters. The molecule has 0 aliphatic rings. The SMILES string of the molecule is CCn1nc(C(F)(F)F)cc1Oc1cc(C)c([N+](=O)[O-])cc1C. The number of ether oxygens (including phenoxy) is 1. The molecule has 9 heteroatoms. The number of nitro groups is 1. The molecule has 0 atom stereocenters. The topological polar surface area (TPSA) is 70.2 Å². The number of halogens is 3. The van der Waals surface area contributed by atoms with Crippen molar-refractivity contribution >= 4 is 5.69 Å². The number of alkyl halides is 3. The van der Waals surface area contributed by atoms with Gasteiger partial charge in [-0.1, -0.05) is 0 Å². The average Bonchev–Trinajstić information content (AvgIpc) is 2.85. The molecule has 0 saturated carbocycles. The van der Waals surface area contributed by atoms with E-state index in [0.29, 0.717) is 11.1 Å². The summed E-state index contributed by atoms with van der Waals surface area (Å²) in [7, 11) is 0. The Labute approximate surface area is 129 Å². The predicted octanol–water partition coefficient (Wildman–Crippen LogP) is 4.24. The zero-order valence-corrected chi connectivity index (χ0v) is 12.6. The van der Waals surface area contributed by atoms with Gasteiger partial charge in [-0.15, -0.1) is 0 Å². The second kappa shape index (κ2) is 5.90. The van der Waals surface area contributed by atoms with Crippen LogP contribution in [-0.4, -0.2) is 14.7 Å². The molecule has 6 nitrogen and oxygen atoms in total. The molecule has 2 aromatic rings. The highest BCUT2D eigenvalue weighted by molar-refractivity contribution is 5.50. The van der Waals surface area contributed by atoms with Gasteiger partial charge in [-0.2, -0.15) is 18.3 Å². The van der Waals surface area contributed by atoms with Crippen LogP contribution in [0.4, 0.5) is 18.9 Å². The zero-order valence-electron chi connectivity index (χ0n) is 12.6. The van der Waals surface area contributed by atoms with Crippen LogP contribution >= 0.6 is 0 Å². The maximum Gasteiger partial charge on any atom is 0.435 e. The maximum absolute atomic E-state index is 12.7. The fourth-order valence-electron chi connectivity index (χ4n) is 2.04. The van der Waals surface area contributed by atoms with Crippen LogP contribution in [0.3, 0.4) is 0 Å². The monoisotopic (exact) mass is 329 g/mol. The minimum Gasteiger partial charge on any atom is -0.439 e. The van der Waals surface area contributed by atoms with Crippen molar-refractivity contribution < 1.29 is 22.8 Å². The fourth-order valence-corrected chi connectivity index (χ4v) is 2.04. The number of nitrogens with zero attached hydrogens (tertiary/aromatic N) is 3. The molecule has 0 bridgehead atoms. The summed E-state index contributed by atoms with van der Waals surface area (Å²) in [5.74, 6) is 0.174. The second-order valence-corrected chi connectivity index (χ2v) is 4.94. The molecule has 2 rings (SSSR count). The highest BCUT2D eigenvalue weighted by Crippen LogP contribution is 2.35. The zero-order chi connectivity index (χ0) is 17.4. The van der Waals surface area contributed by atoms with Crippen LogP contribution < -0.4 is 4.74 Å². The van der Waals surface area contributed by atoms with E-state index < -0.39 is 16.8 Å². The fraction of sp³-hybridized carbons (Fsp3) is 0.357. The molecule has 0 fully saturated rings. The Morgan fingerprint density at radius 1 is 1.26 bits per heavy atom. The van der Waals surface area contributed by atoms with E-state index in [4.69, 9.17) is 4.74 Å². The molecule has 1 aromatic carbocycles. The Kier molecular flexibility index (Phi) is 4.31. The van der Waals surface area contributed by atoms with Crippen molar-refractivity contribution in [1.82, 2.24) is 9.78 Å². The van der Waals surface area contributed by atoms with Gasteiger partial charge in [0.2, 0.25) is 5.88 Å². The van der Waals surface area contributed by atoms with Crippen LogP contribution in [0.15, 0.2) is 18.2 Å². The van der Waals surface area contributed by atoms with Crippen LogP contribution in [0.25, 0.3) is 0 Å². The van der Waals surface area contributed by atoms with Gasteiger partial charge in [0, 0.05) is 24.2 Å². The first-order chi connectivity index (χ1) is 10.6. The lowest BCUT2D eigenvalue weighted by Crippen LogP contribution is -2.07. The highest BCUT2D eigenvalue weighted by atomic mass is 19.4. The number of hydrogen-bond donors (Lipinski definition) is 0. The Hall–Kier alpha value is -2.58. The molecule has 0 amide bonds. The summed E-state index contributed by atoms with van der Waals surface area (Å²) in [6.45, 7) is 4.94. The highest BCUT2D eigenvalue weighted by Gasteiger charge is 2.35. The van der Waals surface area contributed by atoms with Crippen molar-refractivity contribution in [2.75, 3.05) is 0 Å². The molecule has 0 aliphatic carbocycles. The van der Waals surface area contributed by atoms with Gasteiger partial charge >= 0.3 is 6.18 Å². The van der Waals surface area contributed by atoms with Crippen LogP contribution in [0, 0.1) is 24.0 Å². The van der Waals surface area contributed by atoms with Crippen LogP contribution in [-0.2, 0) is 12.7 Å². The Morgan fingerprint density at radius 3 is 2.43 bits per heavy atom. The van der Waals surface area contributed by atoms with Gasteiger partial charge < -0.3 is 4.74 Å². The van der Waals surface area contributed by atoms with E-state index in [9.17, 15) is 23.3 Å². The van der Waals surface area contributed by atoms with Crippen molar-refractivity contribution in [2.45, 2.75) is 33.5 Å². The van der Waals surface area contributed by atoms with Gasteiger partial charge in [-0.05, 0) is 32.4 Å². The molecule has 124 valence electrons. The third-order valence-corrected chi connectivity index (χ3v) is 3.24. The van der Waals surface area contributed by atoms with E-state index in [1.54, 1.807) is 13.8 Å². The second-order valence-electron chi connectivity index (χ2n) is 4.94. The van der Waals surface area contributed by atoms with Crippen molar-refractivity contribution in [3.05, 3.63) is 45.1 Å². The number of hydrogen-bond acceptors (Lipinski definition) is 4. The Bertz CT molecular complexity index is 754. The number of aromatic nitrogens is 2. The molecule has 0 radical (unpaired) electrons. The molecule has 1 heterocycles. The molecule has 23 heavy (non-hydrogen) atoms. The van der Waals surface area contributed by atoms with Crippen molar-refractivity contribution in [3.8, 4) is 11.6 Å². The van der Waals surface area contributed by atoms with Gasteiger partial charge in [0.25, 0.3) is 5.69 Å². The first-order valence-electron chi connectivity index (χ1n) is 6.72. The summed E-state index contributed by atoms with van der Waals surface area (Å²) < 4.78 is 44.8. The molecule has 0 N–H and O–H groups in total. The lowest BCUT2D eigenvalue weighted by molar-refractivity contribution is -0.385.